The molecule has 1 aliphatic rings. The number of nitro groups is 2. The van der Waals surface area contributed by atoms with E-state index in [1.807, 2.05) is 0 Å². The van der Waals surface area contributed by atoms with Crippen LogP contribution < -0.4 is 5.32 Å². The smallest absolute Gasteiger partial charge is 0.279 e. The summed E-state index contributed by atoms with van der Waals surface area (Å²) in [6.07, 6.45) is 1.90. The number of carbonyl (C=O) groups is 2. The summed E-state index contributed by atoms with van der Waals surface area (Å²) in [5.41, 5.74) is -0.502. The van der Waals surface area contributed by atoms with Crippen LogP contribution in [0.5, 0.6) is 0 Å². The van der Waals surface area contributed by atoms with Crippen LogP contribution in [0.3, 0.4) is 0 Å². The zero-order valence-corrected chi connectivity index (χ0v) is 15.6. The molecular weight excluding hydrogens is 380 g/mol. The maximum absolute atomic E-state index is 12.7. The molecule has 10 heteroatoms. The van der Waals surface area contributed by atoms with Crippen molar-refractivity contribution in [2.24, 2.45) is 0 Å². The molecule has 1 fully saturated rings. The number of carbonyl (C=O) groups excluding carboxylic acids is 2. The summed E-state index contributed by atoms with van der Waals surface area (Å²) in [7, 11) is 0. The topological polar surface area (TPSA) is 136 Å². The van der Waals surface area contributed by atoms with E-state index in [0.29, 0.717) is 24.3 Å². The van der Waals surface area contributed by atoms with E-state index < -0.39 is 27.1 Å². The summed E-state index contributed by atoms with van der Waals surface area (Å²) < 4.78 is 0. The monoisotopic (exact) mass is 398 g/mol. The zero-order chi connectivity index (χ0) is 21.1. The Morgan fingerprint density at radius 1 is 1.03 bits per heavy atom. The van der Waals surface area contributed by atoms with E-state index in [1.54, 1.807) is 23.1 Å². The lowest BCUT2D eigenvalue weighted by molar-refractivity contribution is -0.394. The normalized spacial score (nSPS) is 13.2. The Morgan fingerprint density at radius 2 is 1.72 bits per heavy atom. The molecule has 3 rings (SSSR count). The van der Waals surface area contributed by atoms with Crippen molar-refractivity contribution in [3.63, 3.8) is 0 Å². The molecule has 1 saturated heterocycles. The molecule has 1 aliphatic heterocycles. The summed E-state index contributed by atoms with van der Waals surface area (Å²) in [4.78, 5) is 47.6. The average molecular weight is 398 g/mol. The Hall–Kier alpha value is -3.82. The summed E-state index contributed by atoms with van der Waals surface area (Å²) in [5, 5.41) is 24.8. The van der Waals surface area contributed by atoms with Gasteiger partial charge in [-0.3, -0.25) is 29.8 Å². The number of hydrogen-bond acceptors (Lipinski definition) is 6. The van der Waals surface area contributed by atoms with E-state index >= 15 is 0 Å². The van der Waals surface area contributed by atoms with Gasteiger partial charge in [0.15, 0.2) is 0 Å². The fourth-order valence-corrected chi connectivity index (χ4v) is 3.25. The van der Waals surface area contributed by atoms with Gasteiger partial charge in [-0.1, -0.05) is 6.07 Å². The van der Waals surface area contributed by atoms with Gasteiger partial charge in [-0.05, 0) is 38.0 Å². The van der Waals surface area contributed by atoms with Crippen molar-refractivity contribution in [1.29, 1.82) is 0 Å². The van der Waals surface area contributed by atoms with Gasteiger partial charge in [0.25, 0.3) is 23.2 Å². The highest BCUT2D eigenvalue weighted by atomic mass is 16.6. The highest BCUT2D eigenvalue weighted by Gasteiger charge is 2.25. The van der Waals surface area contributed by atoms with Crippen LogP contribution in [0.25, 0.3) is 0 Å². The first-order valence-corrected chi connectivity index (χ1v) is 8.92. The molecule has 0 spiro atoms. The lowest BCUT2D eigenvalue weighted by atomic mass is 10.0. The van der Waals surface area contributed by atoms with Gasteiger partial charge in [0, 0.05) is 36.0 Å². The minimum atomic E-state index is -0.793. The van der Waals surface area contributed by atoms with Gasteiger partial charge in [-0.2, -0.15) is 0 Å². The van der Waals surface area contributed by atoms with E-state index in [2.05, 4.69) is 5.32 Å². The van der Waals surface area contributed by atoms with E-state index in [1.165, 1.54) is 13.0 Å². The largest absolute Gasteiger partial charge is 0.339 e. The Labute approximate surface area is 165 Å². The lowest BCUT2D eigenvalue weighted by Crippen LogP contribution is -2.27. The number of hydrogen-bond donors (Lipinski definition) is 1. The Balaban J connectivity index is 1.89. The van der Waals surface area contributed by atoms with Crippen molar-refractivity contribution in [2.45, 2.75) is 19.8 Å². The molecule has 1 N–H and O–H groups in total. The second-order valence-electron chi connectivity index (χ2n) is 6.69. The molecule has 0 aromatic heterocycles. The molecule has 0 radical (unpaired) electrons. The number of amides is 2. The Kier molecular flexibility index (Phi) is 5.53. The molecule has 0 unspecified atom stereocenters. The molecule has 0 bridgehead atoms. The molecule has 29 heavy (non-hydrogen) atoms. The molecule has 150 valence electrons. The van der Waals surface area contributed by atoms with Crippen molar-refractivity contribution in [3.8, 4) is 0 Å². The molecule has 1 heterocycles. The van der Waals surface area contributed by atoms with Crippen LogP contribution in [-0.4, -0.2) is 39.7 Å². The first-order valence-electron chi connectivity index (χ1n) is 8.92. The first kappa shape index (κ1) is 19.9. The van der Waals surface area contributed by atoms with Crippen LogP contribution in [0, 0.1) is 27.2 Å². The summed E-state index contributed by atoms with van der Waals surface area (Å²) >= 11 is 0. The molecule has 2 aromatic carbocycles. The minimum Gasteiger partial charge on any atom is -0.339 e. The molecule has 2 aromatic rings. The van der Waals surface area contributed by atoms with E-state index in [0.717, 1.165) is 25.0 Å². The van der Waals surface area contributed by atoms with Crippen LogP contribution in [0.1, 0.15) is 39.1 Å². The van der Waals surface area contributed by atoms with Gasteiger partial charge >= 0.3 is 0 Å². The molecule has 0 aliphatic carbocycles. The van der Waals surface area contributed by atoms with Gasteiger partial charge in [0.1, 0.15) is 0 Å². The second-order valence-corrected chi connectivity index (χ2v) is 6.69. The third-order valence-electron chi connectivity index (χ3n) is 4.78. The molecular formula is C19H18N4O6. The van der Waals surface area contributed by atoms with E-state index in [-0.39, 0.29) is 17.0 Å². The van der Waals surface area contributed by atoms with Gasteiger partial charge in [0.05, 0.1) is 21.5 Å². The quantitative estimate of drug-likeness (QED) is 0.606. The van der Waals surface area contributed by atoms with Crippen LogP contribution in [0.4, 0.5) is 17.1 Å². The highest BCUT2D eigenvalue weighted by molar-refractivity contribution is 6.07. The third-order valence-corrected chi connectivity index (χ3v) is 4.78. The van der Waals surface area contributed by atoms with Crippen LogP contribution in [0.2, 0.25) is 0 Å². The minimum absolute atomic E-state index is 0.0161. The second kappa shape index (κ2) is 8.05. The van der Waals surface area contributed by atoms with Crippen molar-refractivity contribution >= 4 is 28.9 Å². The average Bonchev–Trinajstić information content (AvgIpc) is 3.22. The number of nitro benzene ring substituents is 2. The summed E-state index contributed by atoms with van der Waals surface area (Å²) in [6.45, 7) is 2.72. The zero-order valence-electron chi connectivity index (χ0n) is 15.6. The fourth-order valence-electron chi connectivity index (χ4n) is 3.25. The predicted octanol–water partition coefficient (Wildman–Crippen LogP) is 3.30. The first-order chi connectivity index (χ1) is 13.8. The van der Waals surface area contributed by atoms with Crippen molar-refractivity contribution < 1.29 is 19.4 Å². The van der Waals surface area contributed by atoms with Crippen LogP contribution in [0.15, 0.2) is 36.4 Å². The SMILES string of the molecule is Cc1c(C(=O)Nc2cccc(C(=O)N3CCCC3)c2)cc([N+](=O)[O-])cc1[N+](=O)[O-]. The lowest BCUT2D eigenvalue weighted by Gasteiger charge is -2.16. The maximum Gasteiger partial charge on any atom is 0.279 e. The highest BCUT2D eigenvalue weighted by Crippen LogP contribution is 2.28. The van der Waals surface area contributed by atoms with Crippen LogP contribution >= 0.6 is 0 Å². The van der Waals surface area contributed by atoms with Gasteiger partial charge in [0.2, 0.25) is 0 Å². The molecule has 10 nitrogen and oxygen atoms in total. The summed E-state index contributed by atoms with van der Waals surface area (Å²) in [6, 6.07) is 8.15. The van der Waals surface area contributed by atoms with Crippen molar-refractivity contribution in [2.75, 3.05) is 18.4 Å². The third kappa shape index (κ3) is 4.21. The Morgan fingerprint density at radius 3 is 2.34 bits per heavy atom. The van der Waals surface area contributed by atoms with Crippen molar-refractivity contribution in [1.82, 2.24) is 4.90 Å². The van der Waals surface area contributed by atoms with Gasteiger partial charge in [-0.15, -0.1) is 0 Å². The molecule has 0 atom stereocenters. The van der Waals surface area contributed by atoms with E-state index in [9.17, 15) is 29.8 Å². The van der Waals surface area contributed by atoms with E-state index in [4.69, 9.17) is 0 Å². The number of anilines is 1. The molecule has 0 saturated carbocycles. The molecule has 2 amide bonds. The maximum atomic E-state index is 12.7. The van der Waals surface area contributed by atoms with Gasteiger partial charge < -0.3 is 10.2 Å². The number of rotatable bonds is 5. The number of likely N-dealkylation sites (tertiary alicyclic amines) is 1. The number of benzene rings is 2. The number of nitrogens with one attached hydrogen (secondary N) is 1. The standard InChI is InChI=1S/C19H18N4O6/c1-12-16(10-15(22(26)27)11-17(12)23(28)29)18(24)20-14-6-4-5-13(9-14)19(25)21-7-2-3-8-21/h4-6,9-11H,2-3,7-8H2,1H3,(H,20,24). The summed E-state index contributed by atoms with van der Waals surface area (Å²) in [5.74, 6) is -0.874. The Bertz CT molecular complexity index is 1010. The predicted molar refractivity (Wildman–Crippen MR) is 104 cm³/mol. The fraction of sp³-hybridized carbons (Fsp3) is 0.263. The van der Waals surface area contributed by atoms with Gasteiger partial charge in [-0.25, -0.2) is 0 Å². The van der Waals surface area contributed by atoms with Crippen LogP contribution in [-0.2, 0) is 0 Å². The number of nitrogens with zero attached hydrogens (tertiary/aromatic N) is 3. The number of non-ortho nitro benzene ring substituents is 1. The van der Waals surface area contributed by atoms with Crippen molar-refractivity contribution in [3.05, 3.63) is 73.3 Å².